The molecule has 0 aromatic rings. The molecule has 0 aromatic carbocycles. The van der Waals surface area contributed by atoms with Crippen molar-refractivity contribution in [2.24, 2.45) is 0 Å². The summed E-state index contributed by atoms with van der Waals surface area (Å²) in [7, 11) is -17.1. The summed E-state index contributed by atoms with van der Waals surface area (Å²) in [5, 5.41) is 21.4. The average molecular weight is 556 g/mol. The number of nitrogens with zero attached hydrogens (tertiary/aromatic N) is 1. The molecule has 1 amide bonds. The summed E-state index contributed by atoms with van der Waals surface area (Å²) in [6, 6.07) is 0. The zero-order valence-corrected chi connectivity index (χ0v) is 19.5. The van der Waals surface area contributed by atoms with Gasteiger partial charge in [-0.25, -0.2) is 13.7 Å². The number of aliphatic hydroxyl groups is 2. The number of carbonyl (C=O) groups is 2. The van der Waals surface area contributed by atoms with E-state index in [9.17, 15) is 43.3 Å². The fraction of sp³-hybridized carbons (Fsp3) is 0.538. The molecule has 2 heterocycles. The summed E-state index contributed by atoms with van der Waals surface area (Å²) in [6.45, 7) is -1.27. The Hall–Kier alpha value is -0.980. The number of ether oxygens (including phenoxy) is 1. The molecule has 6 N–H and O–H groups in total. The van der Waals surface area contributed by atoms with Crippen molar-refractivity contribution in [2.45, 2.75) is 30.0 Å². The lowest BCUT2D eigenvalue weighted by molar-refractivity contribution is -0.160. The minimum atomic E-state index is -5.84. The molecule has 33 heavy (non-hydrogen) atoms. The summed E-state index contributed by atoms with van der Waals surface area (Å²) >= 11 is 5.79. The Morgan fingerprint density at radius 2 is 1.82 bits per heavy atom. The first kappa shape index (κ1) is 28.3. The van der Waals surface area contributed by atoms with Gasteiger partial charge in [-0.2, -0.15) is 8.62 Å². The van der Waals surface area contributed by atoms with E-state index in [0.717, 1.165) is 12.3 Å². The molecule has 0 radical (unpaired) electrons. The molecule has 0 saturated carbocycles. The quantitative estimate of drug-likeness (QED) is 0.0837. The van der Waals surface area contributed by atoms with Crippen LogP contribution in [0.1, 0.15) is 6.42 Å². The number of phosphoric acid groups is 3. The van der Waals surface area contributed by atoms with Crippen molar-refractivity contribution in [3.8, 4) is 12.3 Å². The van der Waals surface area contributed by atoms with Gasteiger partial charge in [-0.05, 0) is 6.08 Å². The van der Waals surface area contributed by atoms with Gasteiger partial charge >= 0.3 is 23.5 Å². The van der Waals surface area contributed by atoms with Gasteiger partial charge in [-0.3, -0.25) is 19.0 Å². The van der Waals surface area contributed by atoms with Gasteiger partial charge in [0.1, 0.15) is 11.7 Å². The number of terminal acetylenes is 1. The first-order valence-corrected chi connectivity index (χ1v) is 13.4. The Balaban J connectivity index is 2.28. The monoisotopic (exact) mass is 555 g/mol. The van der Waals surface area contributed by atoms with E-state index < -0.39 is 77.6 Å². The highest BCUT2D eigenvalue weighted by Gasteiger charge is 2.65. The first-order valence-electron chi connectivity index (χ1n) is 8.33. The number of amides is 1. The fourth-order valence-corrected chi connectivity index (χ4v) is 6.20. The van der Waals surface area contributed by atoms with Crippen molar-refractivity contribution >= 4 is 46.8 Å². The van der Waals surface area contributed by atoms with Crippen LogP contribution in [0.15, 0.2) is 12.3 Å². The van der Waals surface area contributed by atoms with Gasteiger partial charge in [-0.15, -0.1) is 18.0 Å². The molecular weight excluding hydrogens is 539 g/mol. The Kier molecular flexibility index (Phi) is 8.20. The van der Waals surface area contributed by atoms with Crippen LogP contribution < -0.4 is 0 Å². The summed E-state index contributed by atoms with van der Waals surface area (Å²) in [5.74, 6) is -0.448. The molecule has 0 aromatic heterocycles. The molecule has 2 unspecified atom stereocenters. The van der Waals surface area contributed by atoms with Crippen LogP contribution >= 0.6 is 35.1 Å². The molecule has 16 nitrogen and oxygen atoms in total. The second-order valence-corrected chi connectivity index (χ2v) is 11.4. The van der Waals surface area contributed by atoms with E-state index in [4.69, 9.17) is 32.5 Å². The van der Waals surface area contributed by atoms with Crippen LogP contribution in [0.4, 0.5) is 0 Å². The number of alkyl halides is 1. The average Bonchev–Trinajstić information content (AvgIpc) is 2.86. The number of carbonyl (C=O) groups excluding carboxylic acids is 2. The van der Waals surface area contributed by atoms with E-state index in [1.54, 1.807) is 0 Å². The van der Waals surface area contributed by atoms with E-state index in [0.29, 0.717) is 4.90 Å². The van der Waals surface area contributed by atoms with E-state index >= 15 is 0 Å². The van der Waals surface area contributed by atoms with Crippen molar-refractivity contribution < 1.29 is 71.0 Å². The molecule has 0 bridgehead atoms. The second kappa shape index (κ2) is 9.58. The predicted octanol–water partition coefficient (Wildman–Crippen LogP) is -1.30. The van der Waals surface area contributed by atoms with Crippen LogP contribution in [0.25, 0.3) is 0 Å². The molecule has 20 heteroatoms. The third kappa shape index (κ3) is 6.37. The standard InChI is InChI=1S/C13H17ClNO15P3/c1-2-13(19)10(18)12(6-14,28-11(13)15-4-3-8(16)5-9(15)17)7-27-32(23,24)30-33(25,26)29-31(20,21)22/h1,3-4,10-11,18-19H,5-7H2,(H,23,24)(H,25,26)(H2,20,21,22)/t10-,11-,12-,13-/m1/s1. The van der Waals surface area contributed by atoms with Crippen molar-refractivity contribution in [1.82, 2.24) is 4.90 Å². The number of allylic oxidation sites excluding steroid dienone is 1. The van der Waals surface area contributed by atoms with Gasteiger partial charge in [0.05, 0.1) is 18.9 Å². The van der Waals surface area contributed by atoms with Crippen molar-refractivity contribution in [1.29, 1.82) is 0 Å². The molecule has 2 aliphatic rings. The molecular formula is C13H17ClNO15P3. The number of phosphoric ester groups is 1. The van der Waals surface area contributed by atoms with E-state index in [2.05, 4.69) is 13.1 Å². The van der Waals surface area contributed by atoms with Crippen LogP contribution in [0.5, 0.6) is 0 Å². The molecule has 2 rings (SSSR count). The van der Waals surface area contributed by atoms with E-state index in [1.165, 1.54) is 0 Å². The fourth-order valence-electron chi connectivity index (χ4n) is 2.84. The van der Waals surface area contributed by atoms with Crippen LogP contribution in [-0.2, 0) is 41.2 Å². The van der Waals surface area contributed by atoms with Gasteiger partial charge in [0.2, 0.25) is 5.91 Å². The highest BCUT2D eigenvalue weighted by molar-refractivity contribution is 7.66. The second-order valence-electron chi connectivity index (χ2n) is 6.67. The molecule has 186 valence electrons. The Labute approximate surface area is 190 Å². The minimum absolute atomic E-state index is 0.574. The summed E-state index contributed by atoms with van der Waals surface area (Å²) < 4.78 is 51.1. The maximum absolute atomic E-state index is 12.2. The van der Waals surface area contributed by atoms with Gasteiger partial charge in [0, 0.05) is 6.20 Å². The smallest absolute Gasteiger partial charge is 0.386 e. The molecule has 1 fully saturated rings. The molecule has 6 atom stereocenters. The van der Waals surface area contributed by atoms with Gasteiger partial charge in [-0.1, -0.05) is 5.92 Å². The summed E-state index contributed by atoms with van der Waals surface area (Å²) in [4.78, 5) is 60.1. The van der Waals surface area contributed by atoms with Crippen molar-refractivity contribution in [3.05, 3.63) is 12.3 Å². The Morgan fingerprint density at radius 3 is 2.30 bits per heavy atom. The third-order valence-electron chi connectivity index (χ3n) is 4.27. The minimum Gasteiger partial charge on any atom is -0.386 e. The predicted molar refractivity (Wildman–Crippen MR) is 104 cm³/mol. The van der Waals surface area contributed by atoms with Crippen LogP contribution in [-0.4, -0.2) is 82.4 Å². The van der Waals surface area contributed by atoms with Crippen LogP contribution in [0, 0.1) is 12.3 Å². The van der Waals surface area contributed by atoms with Crippen LogP contribution in [0.3, 0.4) is 0 Å². The first-order chi connectivity index (χ1) is 14.9. The highest BCUT2D eigenvalue weighted by atomic mass is 35.5. The van der Waals surface area contributed by atoms with Gasteiger partial charge in [0.15, 0.2) is 17.6 Å². The van der Waals surface area contributed by atoms with E-state index in [1.807, 2.05) is 5.92 Å². The number of hydrogen-bond acceptors (Lipinski definition) is 11. The molecule has 0 aliphatic carbocycles. The number of hydrogen-bond donors (Lipinski definition) is 6. The number of ketones is 1. The molecule has 0 spiro atoms. The Morgan fingerprint density at radius 1 is 1.21 bits per heavy atom. The Bertz CT molecular complexity index is 1040. The van der Waals surface area contributed by atoms with E-state index in [-0.39, 0.29) is 0 Å². The van der Waals surface area contributed by atoms with Crippen molar-refractivity contribution in [2.75, 3.05) is 12.5 Å². The largest absolute Gasteiger partial charge is 0.490 e. The van der Waals surface area contributed by atoms with Crippen LogP contribution in [0.2, 0.25) is 0 Å². The zero-order valence-electron chi connectivity index (χ0n) is 16.0. The van der Waals surface area contributed by atoms with Crippen molar-refractivity contribution in [3.63, 3.8) is 0 Å². The lowest BCUT2D eigenvalue weighted by Crippen LogP contribution is -2.56. The van der Waals surface area contributed by atoms with Gasteiger partial charge in [0.25, 0.3) is 0 Å². The SMILES string of the molecule is C#C[C@@]1(O)[C@H](O)[C@@](CCl)(COP(=O)(O)OP(=O)(O)OP(=O)(O)O)O[C@H]1N1C=CC(=O)CC1=O. The maximum Gasteiger partial charge on any atom is 0.490 e. The maximum atomic E-state index is 12.2. The lowest BCUT2D eigenvalue weighted by Gasteiger charge is -2.33. The summed E-state index contributed by atoms with van der Waals surface area (Å²) in [5.41, 5.74) is -5.02. The summed E-state index contributed by atoms with van der Waals surface area (Å²) in [6.07, 6.45) is 2.47. The molecule has 2 aliphatic heterocycles. The number of halogens is 1. The van der Waals surface area contributed by atoms with Gasteiger partial charge < -0.3 is 34.5 Å². The number of aliphatic hydroxyl groups excluding tert-OH is 1. The topological polar surface area (TPSA) is 247 Å². The molecule has 1 saturated heterocycles. The third-order valence-corrected chi connectivity index (χ3v) is 8.51. The highest BCUT2D eigenvalue weighted by Crippen LogP contribution is 2.66. The normalized spacial score (nSPS) is 34.1. The number of rotatable bonds is 9. The lowest BCUT2D eigenvalue weighted by atomic mass is 9.87. The zero-order chi connectivity index (χ0) is 25.5.